The molecular formula is C14H20F2N2O3. The predicted octanol–water partition coefficient (Wildman–Crippen LogP) is 2.11. The molecule has 1 N–H and O–H groups in total. The normalized spacial score (nSPS) is 12.3. The van der Waals surface area contributed by atoms with Gasteiger partial charge in [0.25, 0.3) is 0 Å². The Kier molecular flexibility index (Phi) is 6.51. The molecule has 0 fully saturated rings. The van der Waals surface area contributed by atoms with Gasteiger partial charge in [-0.05, 0) is 24.6 Å². The Labute approximate surface area is 122 Å². The van der Waals surface area contributed by atoms with Crippen LogP contribution in [0.4, 0.5) is 13.6 Å². The molecule has 0 aliphatic heterocycles. The maximum absolute atomic E-state index is 13.1. The average Bonchev–Trinajstić information content (AvgIpc) is 2.44. The molecule has 0 radical (unpaired) electrons. The molecule has 0 spiro atoms. The topological polar surface area (TPSA) is 50.8 Å². The summed E-state index contributed by atoms with van der Waals surface area (Å²) < 4.78 is 36.0. The van der Waals surface area contributed by atoms with Crippen molar-refractivity contribution in [1.29, 1.82) is 0 Å². The first-order valence-electron chi connectivity index (χ1n) is 6.40. The van der Waals surface area contributed by atoms with Gasteiger partial charge in [-0.15, -0.1) is 0 Å². The molecule has 1 aromatic rings. The summed E-state index contributed by atoms with van der Waals surface area (Å²) in [5.74, 6) is -1.85. The number of halogens is 2. The quantitative estimate of drug-likeness (QED) is 0.819. The van der Waals surface area contributed by atoms with E-state index in [9.17, 15) is 13.6 Å². The van der Waals surface area contributed by atoms with E-state index in [1.165, 1.54) is 25.2 Å². The minimum Gasteiger partial charge on any atom is -0.354 e. The highest BCUT2D eigenvalue weighted by molar-refractivity contribution is 5.74. The molecule has 0 bridgehead atoms. The third-order valence-electron chi connectivity index (χ3n) is 2.97. The Hall–Kier alpha value is -1.73. The Balaban J connectivity index is 2.60. The van der Waals surface area contributed by atoms with Crippen molar-refractivity contribution in [3.8, 4) is 0 Å². The van der Waals surface area contributed by atoms with E-state index >= 15 is 0 Å². The lowest BCUT2D eigenvalue weighted by Gasteiger charge is -2.25. The monoisotopic (exact) mass is 302 g/mol. The van der Waals surface area contributed by atoms with Crippen LogP contribution in [-0.4, -0.2) is 44.5 Å². The molecule has 21 heavy (non-hydrogen) atoms. The van der Waals surface area contributed by atoms with E-state index in [-0.39, 0.29) is 18.6 Å². The standard InChI is InChI=1S/C14H20F2N2O3/c1-9(13(20-3)21-4)17-14(19)18(2)8-10-5-6-11(15)12(16)7-10/h5-7,9,13H,8H2,1-4H3,(H,17,19). The summed E-state index contributed by atoms with van der Waals surface area (Å²) in [4.78, 5) is 13.3. The van der Waals surface area contributed by atoms with Crippen LogP contribution in [-0.2, 0) is 16.0 Å². The smallest absolute Gasteiger partial charge is 0.317 e. The van der Waals surface area contributed by atoms with E-state index in [1.807, 2.05) is 0 Å². The summed E-state index contributed by atoms with van der Waals surface area (Å²) in [6.07, 6.45) is -0.564. The second-order valence-electron chi connectivity index (χ2n) is 4.68. The van der Waals surface area contributed by atoms with Crippen molar-refractivity contribution in [2.75, 3.05) is 21.3 Å². The number of nitrogens with one attached hydrogen (secondary N) is 1. The lowest BCUT2D eigenvalue weighted by atomic mass is 10.2. The average molecular weight is 302 g/mol. The van der Waals surface area contributed by atoms with Crippen molar-refractivity contribution in [1.82, 2.24) is 10.2 Å². The number of nitrogens with zero attached hydrogens (tertiary/aromatic N) is 1. The summed E-state index contributed by atoms with van der Waals surface area (Å²) in [6, 6.07) is 2.80. The van der Waals surface area contributed by atoms with Gasteiger partial charge in [-0.3, -0.25) is 0 Å². The minimum atomic E-state index is -0.937. The maximum Gasteiger partial charge on any atom is 0.317 e. The molecule has 0 aromatic heterocycles. The third kappa shape index (κ3) is 4.95. The maximum atomic E-state index is 13.1. The van der Waals surface area contributed by atoms with E-state index in [1.54, 1.807) is 14.0 Å². The van der Waals surface area contributed by atoms with Crippen LogP contribution in [0.2, 0.25) is 0 Å². The molecule has 5 nitrogen and oxygen atoms in total. The van der Waals surface area contributed by atoms with Crippen molar-refractivity contribution >= 4 is 6.03 Å². The zero-order valence-corrected chi connectivity index (χ0v) is 12.5. The minimum absolute atomic E-state index is 0.153. The van der Waals surface area contributed by atoms with Crippen LogP contribution in [0.5, 0.6) is 0 Å². The highest BCUT2D eigenvalue weighted by Crippen LogP contribution is 2.10. The van der Waals surface area contributed by atoms with Crippen LogP contribution in [0.1, 0.15) is 12.5 Å². The molecule has 1 rings (SSSR count). The van der Waals surface area contributed by atoms with Gasteiger partial charge in [0.2, 0.25) is 0 Å². The molecule has 0 aliphatic carbocycles. The molecule has 2 amide bonds. The third-order valence-corrected chi connectivity index (χ3v) is 2.97. The number of rotatable bonds is 6. The van der Waals surface area contributed by atoms with E-state index < -0.39 is 17.9 Å². The Morgan fingerprint density at radius 2 is 1.90 bits per heavy atom. The molecule has 118 valence electrons. The fraction of sp³-hybridized carbons (Fsp3) is 0.500. The van der Waals surface area contributed by atoms with Gasteiger partial charge in [-0.25, -0.2) is 13.6 Å². The first-order chi connectivity index (χ1) is 9.88. The van der Waals surface area contributed by atoms with E-state index in [0.29, 0.717) is 5.56 Å². The number of amides is 2. The molecule has 0 heterocycles. The number of hydrogen-bond acceptors (Lipinski definition) is 3. The van der Waals surface area contributed by atoms with Crippen molar-refractivity contribution in [3.05, 3.63) is 35.4 Å². The van der Waals surface area contributed by atoms with Crippen molar-refractivity contribution in [3.63, 3.8) is 0 Å². The SMILES string of the molecule is COC(OC)C(C)NC(=O)N(C)Cc1ccc(F)c(F)c1. The number of urea groups is 1. The zero-order chi connectivity index (χ0) is 16.0. The highest BCUT2D eigenvalue weighted by Gasteiger charge is 2.20. The van der Waals surface area contributed by atoms with Crippen molar-refractivity contribution in [2.24, 2.45) is 0 Å². The van der Waals surface area contributed by atoms with Crippen LogP contribution >= 0.6 is 0 Å². The fourth-order valence-electron chi connectivity index (χ4n) is 1.86. The van der Waals surface area contributed by atoms with E-state index in [4.69, 9.17) is 9.47 Å². The predicted molar refractivity (Wildman–Crippen MR) is 73.6 cm³/mol. The van der Waals surface area contributed by atoms with Crippen LogP contribution in [0, 0.1) is 11.6 Å². The number of carbonyl (C=O) groups excluding carboxylic acids is 1. The van der Waals surface area contributed by atoms with Crippen molar-refractivity contribution in [2.45, 2.75) is 25.8 Å². The summed E-state index contributed by atoms with van der Waals surface area (Å²) in [6.45, 7) is 1.89. The molecule has 1 aromatic carbocycles. The number of benzene rings is 1. The van der Waals surface area contributed by atoms with Gasteiger partial charge >= 0.3 is 6.03 Å². The lowest BCUT2D eigenvalue weighted by molar-refractivity contribution is -0.117. The van der Waals surface area contributed by atoms with Crippen LogP contribution < -0.4 is 5.32 Å². The number of ether oxygens (including phenoxy) is 2. The van der Waals surface area contributed by atoms with Gasteiger partial charge < -0.3 is 19.7 Å². The second kappa shape index (κ2) is 7.90. The van der Waals surface area contributed by atoms with Gasteiger partial charge in [0.15, 0.2) is 17.9 Å². The van der Waals surface area contributed by atoms with Gasteiger partial charge in [-0.1, -0.05) is 6.07 Å². The fourth-order valence-corrected chi connectivity index (χ4v) is 1.86. The van der Waals surface area contributed by atoms with Gasteiger partial charge in [0, 0.05) is 27.8 Å². The molecule has 0 saturated heterocycles. The molecule has 1 atom stereocenters. The second-order valence-corrected chi connectivity index (χ2v) is 4.68. The van der Waals surface area contributed by atoms with Gasteiger partial charge in [0.05, 0.1) is 6.04 Å². The van der Waals surface area contributed by atoms with Crippen LogP contribution in [0.25, 0.3) is 0 Å². The molecule has 7 heteroatoms. The number of hydrogen-bond donors (Lipinski definition) is 1. The highest BCUT2D eigenvalue weighted by atomic mass is 19.2. The number of methoxy groups -OCH3 is 2. The van der Waals surface area contributed by atoms with E-state index in [0.717, 1.165) is 12.1 Å². The zero-order valence-electron chi connectivity index (χ0n) is 12.5. The first kappa shape index (κ1) is 17.3. The molecule has 0 saturated carbocycles. The Morgan fingerprint density at radius 1 is 1.29 bits per heavy atom. The van der Waals surface area contributed by atoms with Gasteiger partial charge in [-0.2, -0.15) is 0 Å². The number of carbonyl (C=O) groups is 1. The summed E-state index contributed by atoms with van der Waals surface area (Å²) in [5.41, 5.74) is 0.495. The van der Waals surface area contributed by atoms with Crippen LogP contribution in [0.3, 0.4) is 0 Å². The molecule has 1 unspecified atom stereocenters. The Bertz CT molecular complexity index is 481. The largest absolute Gasteiger partial charge is 0.354 e. The van der Waals surface area contributed by atoms with E-state index in [2.05, 4.69) is 5.32 Å². The summed E-state index contributed by atoms with van der Waals surface area (Å²) in [5, 5.41) is 2.70. The summed E-state index contributed by atoms with van der Waals surface area (Å²) in [7, 11) is 4.50. The first-order valence-corrected chi connectivity index (χ1v) is 6.40. The lowest BCUT2D eigenvalue weighted by Crippen LogP contribution is -2.47. The molecular weight excluding hydrogens is 282 g/mol. The Morgan fingerprint density at radius 3 is 2.43 bits per heavy atom. The van der Waals surface area contributed by atoms with Gasteiger partial charge in [0.1, 0.15) is 0 Å². The van der Waals surface area contributed by atoms with Crippen molar-refractivity contribution < 1.29 is 23.0 Å². The molecule has 0 aliphatic rings. The van der Waals surface area contributed by atoms with Crippen LogP contribution in [0.15, 0.2) is 18.2 Å². The summed E-state index contributed by atoms with van der Waals surface area (Å²) >= 11 is 0.